The first-order chi connectivity index (χ1) is 15.7. The van der Waals surface area contributed by atoms with Crippen LogP contribution >= 0.6 is 0 Å². The van der Waals surface area contributed by atoms with E-state index in [0.717, 1.165) is 69.2 Å². The SMILES string of the molecule is CCc1nc(C)nc(N2CCCN(C(=O)C[C@H](C)CC(C)(C)C)CC2)c1Cc1ccccc1. The smallest absolute Gasteiger partial charge is 0.222 e. The molecule has 3 rings (SSSR count). The lowest BCUT2D eigenvalue weighted by Gasteiger charge is -2.27. The van der Waals surface area contributed by atoms with Crippen LogP contribution in [0.3, 0.4) is 0 Å². The summed E-state index contributed by atoms with van der Waals surface area (Å²) < 4.78 is 0. The molecule has 1 amide bonds. The van der Waals surface area contributed by atoms with E-state index in [9.17, 15) is 4.79 Å². The maximum atomic E-state index is 13.0. The molecular weight excluding hydrogens is 408 g/mol. The van der Waals surface area contributed by atoms with E-state index in [-0.39, 0.29) is 5.41 Å². The largest absolute Gasteiger partial charge is 0.354 e. The summed E-state index contributed by atoms with van der Waals surface area (Å²) in [5.41, 5.74) is 3.90. The normalized spacial score (nSPS) is 15.9. The van der Waals surface area contributed by atoms with Crippen molar-refractivity contribution in [2.45, 2.75) is 73.6 Å². The second-order valence-corrected chi connectivity index (χ2v) is 10.8. The number of amides is 1. The molecule has 0 saturated carbocycles. The minimum Gasteiger partial charge on any atom is -0.354 e. The zero-order valence-corrected chi connectivity index (χ0v) is 21.5. The lowest BCUT2D eigenvalue weighted by atomic mass is 9.84. The highest BCUT2D eigenvalue weighted by Crippen LogP contribution is 2.28. The van der Waals surface area contributed by atoms with Gasteiger partial charge in [-0.15, -0.1) is 0 Å². The molecule has 180 valence electrons. The highest BCUT2D eigenvalue weighted by Gasteiger charge is 2.25. The van der Waals surface area contributed by atoms with Gasteiger partial charge in [-0.2, -0.15) is 0 Å². The van der Waals surface area contributed by atoms with Crippen molar-refractivity contribution in [1.29, 1.82) is 0 Å². The van der Waals surface area contributed by atoms with Gasteiger partial charge in [-0.3, -0.25) is 4.79 Å². The van der Waals surface area contributed by atoms with Gasteiger partial charge in [0.05, 0.1) is 0 Å². The van der Waals surface area contributed by atoms with Crippen LogP contribution in [0.2, 0.25) is 0 Å². The fourth-order valence-electron chi connectivity index (χ4n) is 5.10. The molecule has 2 heterocycles. The van der Waals surface area contributed by atoms with Gasteiger partial charge in [-0.05, 0) is 43.1 Å². The van der Waals surface area contributed by atoms with E-state index < -0.39 is 0 Å². The van der Waals surface area contributed by atoms with E-state index in [1.807, 2.05) is 6.92 Å². The Bertz CT molecular complexity index is 919. The van der Waals surface area contributed by atoms with Gasteiger partial charge in [0.2, 0.25) is 5.91 Å². The van der Waals surface area contributed by atoms with Crippen molar-refractivity contribution in [2.75, 3.05) is 31.1 Å². The third-order valence-electron chi connectivity index (χ3n) is 6.37. The average molecular weight is 451 g/mol. The number of carbonyl (C=O) groups excluding carboxylic acids is 1. The first-order valence-electron chi connectivity index (χ1n) is 12.6. The number of aromatic nitrogens is 2. The molecule has 1 aromatic heterocycles. The van der Waals surface area contributed by atoms with E-state index in [0.29, 0.717) is 18.2 Å². The van der Waals surface area contributed by atoms with Gasteiger partial charge in [0, 0.05) is 50.3 Å². The number of nitrogens with zero attached hydrogens (tertiary/aromatic N) is 4. The van der Waals surface area contributed by atoms with Crippen LogP contribution in [-0.4, -0.2) is 47.0 Å². The topological polar surface area (TPSA) is 49.3 Å². The molecule has 0 spiro atoms. The molecule has 0 unspecified atom stereocenters. The monoisotopic (exact) mass is 450 g/mol. The summed E-state index contributed by atoms with van der Waals surface area (Å²) in [5, 5.41) is 0. The summed E-state index contributed by atoms with van der Waals surface area (Å²) in [6.07, 6.45) is 4.41. The number of carbonyl (C=O) groups is 1. The van der Waals surface area contributed by atoms with Gasteiger partial charge in [-0.25, -0.2) is 9.97 Å². The lowest BCUT2D eigenvalue weighted by Crippen LogP contribution is -2.36. The van der Waals surface area contributed by atoms with E-state index in [4.69, 9.17) is 9.97 Å². The Morgan fingerprint density at radius 2 is 1.79 bits per heavy atom. The molecule has 5 heteroatoms. The van der Waals surface area contributed by atoms with Crippen LogP contribution < -0.4 is 4.90 Å². The molecule has 0 N–H and O–H groups in total. The van der Waals surface area contributed by atoms with Crippen molar-refractivity contribution in [2.24, 2.45) is 11.3 Å². The van der Waals surface area contributed by atoms with Crippen LogP contribution in [0.5, 0.6) is 0 Å². The van der Waals surface area contributed by atoms with Crippen LogP contribution in [0.15, 0.2) is 30.3 Å². The Hall–Kier alpha value is -2.43. The number of anilines is 1. The summed E-state index contributed by atoms with van der Waals surface area (Å²) in [6, 6.07) is 10.6. The molecule has 1 aliphatic rings. The zero-order chi connectivity index (χ0) is 24.0. The Balaban J connectivity index is 1.75. The number of benzene rings is 1. The average Bonchev–Trinajstić information content (AvgIpc) is 3.00. The molecule has 0 bridgehead atoms. The summed E-state index contributed by atoms with van der Waals surface area (Å²) >= 11 is 0. The Morgan fingerprint density at radius 1 is 1.06 bits per heavy atom. The summed E-state index contributed by atoms with van der Waals surface area (Å²) in [6.45, 7) is 16.4. The van der Waals surface area contributed by atoms with E-state index >= 15 is 0 Å². The first-order valence-corrected chi connectivity index (χ1v) is 12.6. The Kier molecular flexibility index (Phi) is 8.50. The Labute approximate surface area is 200 Å². The molecule has 0 radical (unpaired) electrons. The lowest BCUT2D eigenvalue weighted by molar-refractivity contribution is -0.132. The van der Waals surface area contributed by atoms with Gasteiger partial charge in [0.15, 0.2) is 0 Å². The maximum Gasteiger partial charge on any atom is 0.222 e. The van der Waals surface area contributed by atoms with Crippen LogP contribution in [-0.2, 0) is 17.6 Å². The van der Waals surface area contributed by atoms with Crippen molar-refractivity contribution < 1.29 is 4.79 Å². The molecule has 2 aromatic rings. The van der Waals surface area contributed by atoms with Gasteiger partial charge in [-0.1, -0.05) is 65.0 Å². The van der Waals surface area contributed by atoms with Crippen molar-refractivity contribution in [3.05, 3.63) is 53.0 Å². The fourth-order valence-corrected chi connectivity index (χ4v) is 5.10. The molecule has 0 aliphatic carbocycles. The number of hydrogen-bond donors (Lipinski definition) is 0. The van der Waals surface area contributed by atoms with E-state index in [1.165, 1.54) is 11.1 Å². The van der Waals surface area contributed by atoms with E-state index in [1.54, 1.807) is 0 Å². The van der Waals surface area contributed by atoms with Gasteiger partial charge in [0.1, 0.15) is 11.6 Å². The van der Waals surface area contributed by atoms with Crippen molar-refractivity contribution >= 4 is 11.7 Å². The summed E-state index contributed by atoms with van der Waals surface area (Å²) in [5.74, 6) is 2.59. The molecular formula is C28H42N4O. The predicted molar refractivity (Wildman–Crippen MR) is 137 cm³/mol. The number of aryl methyl sites for hydroxylation is 2. The van der Waals surface area contributed by atoms with Crippen molar-refractivity contribution in [3.8, 4) is 0 Å². The molecule has 1 fully saturated rings. The second-order valence-electron chi connectivity index (χ2n) is 10.8. The molecule has 1 aromatic carbocycles. The van der Waals surface area contributed by atoms with Gasteiger partial charge < -0.3 is 9.80 Å². The van der Waals surface area contributed by atoms with Crippen molar-refractivity contribution in [1.82, 2.24) is 14.9 Å². The Morgan fingerprint density at radius 3 is 2.45 bits per heavy atom. The van der Waals surface area contributed by atoms with Gasteiger partial charge >= 0.3 is 0 Å². The van der Waals surface area contributed by atoms with E-state index in [2.05, 4.69) is 74.8 Å². The third kappa shape index (κ3) is 7.28. The molecule has 5 nitrogen and oxygen atoms in total. The summed E-state index contributed by atoms with van der Waals surface area (Å²) in [4.78, 5) is 27.2. The third-order valence-corrected chi connectivity index (χ3v) is 6.37. The van der Waals surface area contributed by atoms with Crippen LogP contribution in [0, 0.1) is 18.3 Å². The van der Waals surface area contributed by atoms with Crippen LogP contribution in [0.25, 0.3) is 0 Å². The first kappa shape index (κ1) is 25.2. The van der Waals surface area contributed by atoms with Crippen molar-refractivity contribution in [3.63, 3.8) is 0 Å². The zero-order valence-electron chi connectivity index (χ0n) is 21.5. The highest BCUT2D eigenvalue weighted by atomic mass is 16.2. The standard InChI is InChI=1S/C28H42N4O/c1-7-25-24(19-23-12-9-8-10-13-23)27(30-22(3)29-25)32-15-11-14-31(16-17-32)26(33)18-21(2)20-28(4,5)6/h8-10,12-13,21H,7,11,14-20H2,1-6H3/t21-/m0/s1. The minimum absolute atomic E-state index is 0.256. The predicted octanol–water partition coefficient (Wildman–Crippen LogP) is 5.44. The molecule has 33 heavy (non-hydrogen) atoms. The van der Waals surface area contributed by atoms with Crippen LogP contribution in [0.4, 0.5) is 5.82 Å². The molecule has 1 saturated heterocycles. The molecule has 1 aliphatic heterocycles. The second kappa shape index (κ2) is 11.1. The minimum atomic E-state index is 0.256. The fraction of sp³-hybridized carbons (Fsp3) is 0.607. The maximum absolute atomic E-state index is 13.0. The molecule has 1 atom stereocenters. The number of hydrogen-bond acceptors (Lipinski definition) is 4. The van der Waals surface area contributed by atoms with Gasteiger partial charge in [0.25, 0.3) is 0 Å². The number of rotatable bonds is 7. The van der Waals surface area contributed by atoms with Crippen LogP contribution in [0.1, 0.15) is 76.5 Å². The summed E-state index contributed by atoms with van der Waals surface area (Å²) in [7, 11) is 0. The highest BCUT2D eigenvalue weighted by molar-refractivity contribution is 5.76. The quantitative estimate of drug-likeness (QED) is 0.564.